The van der Waals surface area contributed by atoms with Crippen molar-refractivity contribution < 1.29 is 9.90 Å². The highest BCUT2D eigenvalue weighted by Gasteiger charge is 2.28. The summed E-state index contributed by atoms with van der Waals surface area (Å²) in [4.78, 5) is 14.6. The van der Waals surface area contributed by atoms with Gasteiger partial charge in [-0.15, -0.1) is 5.10 Å². The highest BCUT2D eigenvalue weighted by molar-refractivity contribution is 5.76. The van der Waals surface area contributed by atoms with Crippen molar-refractivity contribution in [2.45, 2.75) is 50.8 Å². The predicted molar refractivity (Wildman–Crippen MR) is 87.8 cm³/mol. The molecule has 0 aliphatic carbocycles. The molecule has 3 rings (SSSR count). The zero-order chi connectivity index (χ0) is 16.8. The maximum Gasteiger partial charge on any atom is 0.244 e. The summed E-state index contributed by atoms with van der Waals surface area (Å²) in [5.41, 5.74) is 0.898. The van der Waals surface area contributed by atoms with Gasteiger partial charge >= 0.3 is 0 Å². The second-order valence-corrected chi connectivity index (χ2v) is 6.26. The van der Waals surface area contributed by atoms with Gasteiger partial charge in [0, 0.05) is 12.6 Å². The summed E-state index contributed by atoms with van der Waals surface area (Å²) in [7, 11) is 0. The number of tetrazole rings is 1. The van der Waals surface area contributed by atoms with E-state index in [4.69, 9.17) is 0 Å². The van der Waals surface area contributed by atoms with Crippen LogP contribution in [0.4, 0.5) is 0 Å². The number of likely N-dealkylation sites (tertiary alicyclic amines) is 1. The van der Waals surface area contributed by atoms with Gasteiger partial charge < -0.3 is 10.0 Å². The second kappa shape index (κ2) is 8.01. The van der Waals surface area contributed by atoms with Crippen molar-refractivity contribution in [3.8, 4) is 0 Å². The van der Waals surface area contributed by atoms with Crippen LogP contribution in [-0.4, -0.2) is 48.7 Å². The highest BCUT2D eigenvalue weighted by Crippen LogP contribution is 2.26. The number of carbonyl (C=O) groups excluding carboxylic acids is 1. The quantitative estimate of drug-likeness (QED) is 0.900. The molecule has 7 heteroatoms. The van der Waals surface area contributed by atoms with E-state index in [-0.39, 0.29) is 18.5 Å². The van der Waals surface area contributed by atoms with Crippen molar-refractivity contribution in [2.75, 3.05) is 6.54 Å². The molecule has 128 valence electrons. The molecule has 1 aromatic heterocycles. The van der Waals surface area contributed by atoms with Crippen molar-refractivity contribution in [1.82, 2.24) is 25.1 Å². The number of amides is 1. The molecule has 2 aromatic rings. The first-order valence-corrected chi connectivity index (χ1v) is 8.47. The summed E-state index contributed by atoms with van der Waals surface area (Å²) < 4.78 is 1.44. The van der Waals surface area contributed by atoms with E-state index in [1.165, 1.54) is 11.0 Å². The van der Waals surface area contributed by atoms with Crippen molar-refractivity contribution in [3.63, 3.8) is 0 Å². The number of hydrogen-bond donors (Lipinski definition) is 1. The molecule has 1 aliphatic heterocycles. The van der Waals surface area contributed by atoms with E-state index in [9.17, 15) is 9.90 Å². The molecular weight excluding hydrogens is 306 g/mol. The van der Waals surface area contributed by atoms with E-state index in [0.717, 1.165) is 37.8 Å². The van der Waals surface area contributed by atoms with Gasteiger partial charge in [0.25, 0.3) is 0 Å². The van der Waals surface area contributed by atoms with Crippen molar-refractivity contribution in [2.24, 2.45) is 0 Å². The Balaban J connectivity index is 1.69. The summed E-state index contributed by atoms with van der Waals surface area (Å²) in [6.45, 7) is 0.873. The first kappa shape index (κ1) is 16.6. The van der Waals surface area contributed by atoms with Gasteiger partial charge in [-0.25, -0.2) is 4.68 Å². The lowest BCUT2D eigenvalue weighted by Crippen LogP contribution is -2.42. The van der Waals surface area contributed by atoms with Gasteiger partial charge in [-0.3, -0.25) is 4.79 Å². The number of hydrogen-bond acceptors (Lipinski definition) is 5. The first-order chi connectivity index (χ1) is 11.7. The third-order valence-corrected chi connectivity index (χ3v) is 4.57. The molecule has 0 saturated carbocycles. The Morgan fingerprint density at radius 1 is 1.25 bits per heavy atom. The molecule has 1 aliphatic rings. The average Bonchev–Trinajstić information content (AvgIpc) is 3.00. The Kier molecular flexibility index (Phi) is 5.53. The normalized spacial score (nSPS) is 19.7. The number of nitrogens with zero attached hydrogens (tertiary/aromatic N) is 5. The van der Waals surface area contributed by atoms with E-state index in [0.29, 0.717) is 6.42 Å². The number of benzene rings is 1. The van der Waals surface area contributed by atoms with Crippen LogP contribution in [0.5, 0.6) is 0 Å². The van der Waals surface area contributed by atoms with Gasteiger partial charge in [-0.05, 0) is 35.3 Å². The van der Waals surface area contributed by atoms with Crippen LogP contribution in [0.2, 0.25) is 0 Å². The van der Waals surface area contributed by atoms with Crippen molar-refractivity contribution in [1.29, 1.82) is 0 Å². The topological polar surface area (TPSA) is 84.1 Å². The molecule has 0 radical (unpaired) electrons. The van der Waals surface area contributed by atoms with E-state index in [1.54, 1.807) is 0 Å². The van der Waals surface area contributed by atoms with Gasteiger partial charge in [0.15, 0.2) is 0 Å². The Morgan fingerprint density at radius 2 is 2.08 bits per heavy atom. The first-order valence-electron chi connectivity index (χ1n) is 8.47. The van der Waals surface area contributed by atoms with E-state index >= 15 is 0 Å². The van der Waals surface area contributed by atoms with Crippen LogP contribution in [0.25, 0.3) is 0 Å². The summed E-state index contributed by atoms with van der Waals surface area (Å²) in [6, 6.07) is 9.68. The summed E-state index contributed by atoms with van der Waals surface area (Å²) in [6.07, 6.45) is 5.57. The average molecular weight is 329 g/mol. The van der Waals surface area contributed by atoms with Crippen molar-refractivity contribution >= 4 is 5.91 Å². The van der Waals surface area contributed by atoms with Crippen LogP contribution < -0.4 is 0 Å². The monoisotopic (exact) mass is 329 g/mol. The lowest BCUT2D eigenvalue weighted by Gasteiger charge is -2.31. The second-order valence-electron chi connectivity index (χ2n) is 6.26. The van der Waals surface area contributed by atoms with Gasteiger partial charge in [-0.2, -0.15) is 0 Å². The largest absolute Gasteiger partial charge is 0.388 e. The molecule has 0 unspecified atom stereocenters. The lowest BCUT2D eigenvalue weighted by molar-refractivity contribution is -0.135. The number of rotatable bonds is 5. The van der Waals surface area contributed by atoms with Gasteiger partial charge in [0.05, 0.1) is 6.10 Å². The zero-order valence-electron chi connectivity index (χ0n) is 13.7. The number of aromatic nitrogens is 4. The minimum absolute atomic E-state index is 0.00876. The molecule has 0 bridgehead atoms. The SMILES string of the molecule is O=C(Cn1cnnn1)N1CCCCC[C@@H]1C[C@H](O)c1ccccc1. The lowest BCUT2D eigenvalue weighted by atomic mass is 9.98. The summed E-state index contributed by atoms with van der Waals surface area (Å²) >= 11 is 0. The third-order valence-electron chi connectivity index (χ3n) is 4.57. The fraction of sp³-hybridized carbons (Fsp3) is 0.529. The Hall–Kier alpha value is -2.28. The third kappa shape index (κ3) is 4.17. The molecule has 1 saturated heterocycles. The molecule has 1 N–H and O–H groups in total. The van der Waals surface area contributed by atoms with Crippen LogP contribution in [0, 0.1) is 0 Å². The Labute approximate surface area is 141 Å². The Morgan fingerprint density at radius 3 is 2.83 bits per heavy atom. The molecular formula is C17H23N5O2. The molecule has 24 heavy (non-hydrogen) atoms. The number of aliphatic hydroxyl groups excluding tert-OH is 1. The number of aliphatic hydroxyl groups is 1. The molecule has 1 fully saturated rings. The fourth-order valence-electron chi connectivity index (χ4n) is 3.30. The number of carbonyl (C=O) groups is 1. The predicted octanol–water partition coefficient (Wildman–Crippen LogP) is 1.57. The summed E-state index contributed by atoms with van der Waals surface area (Å²) in [5, 5.41) is 21.4. The van der Waals surface area contributed by atoms with Crippen LogP contribution in [0.3, 0.4) is 0 Å². The molecule has 0 spiro atoms. The summed E-state index contributed by atoms with van der Waals surface area (Å²) in [5.74, 6) is 0.00876. The van der Waals surface area contributed by atoms with Crippen LogP contribution in [0.1, 0.15) is 43.8 Å². The molecule has 1 amide bonds. The van der Waals surface area contributed by atoms with E-state index in [2.05, 4.69) is 15.5 Å². The highest BCUT2D eigenvalue weighted by atomic mass is 16.3. The van der Waals surface area contributed by atoms with Crippen LogP contribution in [0.15, 0.2) is 36.7 Å². The van der Waals surface area contributed by atoms with E-state index < -0.39 is 6.10 Å². The standard InChI is InChI=1S/C17H23N5O2/c23-16(14-7-3-1-4-8-14)11-15-9-5-2-6-10-22(15)17(24)12-21-13-18-19-20-21/h1,3-4,7-8,13,15-16,23H,2,5-6,9-12H2/t15-,16+/m1/s1. The van der Waals surface area contributed by atoms with Gasteiger partial charge in [0.2, 0.25) is 5.91 Å². The minimum Gasteiger partial charge on any atom is -0.388 e. The molecule has 1 aromatic carbocycles. The maximum atomic E-state index is 12.7. The smallest absolute Gasteiger partial charge is 0.244 e. The van der Waals surface area contributed by atoms with Crippen molar-refractivity contribution in [3.05, 3.63) is 42.2 Å². The zero-order valence-corrected chi connectivity index (χ0v) is 13.7. The Bertz CT molecular complexity index is 632. The minimum atomic E-state index is -0.558. The fourth-order valence-corrected chi connectivity index (χ4v) is 3.30. The van der Waals surface area contributed by atoms with E-state index in [1.807, 2.05) is 35.2 Å². The van der Waals surface area contributed by atoms with Crippen LogP contribution >= 0.6 is 0 Å². The van der Waals surface area contributed by atoms with Gasteiger partial charge in [0.1, 0.15) is 12.9 Å². The molecule has 7 nitrogen and oxygen atoms in total. The molecule has 2 heterocycles. The molecule has 2 atom stereocenters. The maximum absolute atomic E-state index is 12.7. The van der Waals surface area contributed by atoms with Crippen LogP contribution in [-0.2, 0) is 11.3 Å². The van der Waals surface area contributed by atoms with Gasteiger partial charge in [-0.1, -0.05) is 43.2 Å².